The molecule has 6 heteroatoms. The Morgan fingerprint density at radius 1 is 1.26 bits per heavy atom. The van der Waals surface area contributed by atoms with Crippen molar-refractivity contribution in [2.45, 2.75) is 45.6 Å². The Morgan fingerprint density at radius 3 is 2.53 bits per heavy atom. The van der Waals surface area contributed by atoms with Crippen LogP contribution in [0.25, 0.3) is 0 Å². The summed E-state index contributed by atoms with van der Waals surface area (Å²) >= 11 is 0. The normalized spacial score (nSPS) is 27.8. The maximum atomic E-state index is 12.8. The number of hydrogen-bond acceptors (Lipinski definition) is 3. The Hall–Kier alpha value is -0.170. The molecule has 2 aliphatic rings. The summed E-state index contributed by atoms with van der Waals surface area (Å²) in [4.78, 5) is 0. The molecule has 19 heavy (non-hydrogen) atoms. The Labute approximate surface area is 117 Å². The average molecular weight is 289 g/mol. The zero-order valence-electron chi connectivity index (χ0n) is 12.1. The molecule has 0 aromatic carbocycles. The lowest BCUT2D eigenvalue weighted by Gasteiger charge is -2.38. The molecular formula is C13H27N3O2S. The van der Waals surface area contributed by atoms with Crippen molar-refractivity contribution >= 4 is 10.2 Å². The Morgan fingerprint density at radius 2 is 1.95 bits per heavy atom. The molecule has 0 radical (unpaired) electrons. The molecule has 0 amide bonds. The van der Waals surface area contributed by atoms with E-state index in [4.69, 9.17) is 0 Å². The number of nitrogens with zero attached hydrogens (tertiary/aromatic N) is 2. The Kier molecular flexibility index (Phi) is 5.22. The van der Waals surface area contributed by atoms with E-state index < -0.39 is 10.2 Å². The van der Waals surface area contributed by atoms with Crippen LogP contribution in [0.5, 0.6) is 0 Å². The van der Waals surface area contributed by atoms with Gasteiger partial charge in [-0.2, -0.15) is 17.0 Å². The smallest absolute Gasteiger partial charge is 0.282 e. The van der Waals surface area contributed by atoms with Crippen molar-refractivity contribution in [3.05, 3.63) is 0 Å². The van der Waals surface area contributed by atoms with Gasteiger partial charge in [-0.25, -0.2) is 0 Å². The third-order valence-corrected chi connectivity index (χ3v) is 6.40. The van der Waals surface area contributed by atoms with Gasteiger partial charge >= 0.3 is 0 Å². The van der Waals surface area contributed by atoms with Crippen molar-refractivity contribution < 1.29 is 8.42 Å². The second-order valence-corrected chi connectivity index (χ2v) is 7.68. The van der Waals surface area contributed by atoms with Crippen LogP contribution in [0, 0.1) is 5.92 Å². The Bertz CT molecular complexity index is 379. The van der Waals surface area contributed by atoms with E-state index in [0.29, 0.717) is 25.6 Å². The molecule has 0 saturated carbocycles. The van der Waals surface area contributed by atoms with E-state index in [1.165, 1.54) is 0 Å². The largest absolute Gasteiger partial charge is 0.317 e. The minimum absolute atomic E-state index is 0.175. The quantitative estimate of drug-likeness (QED) is 0.841. The third-order valence-electron chi connectivity index (χ3n) is 4.27. The number of nitrogens with one attached hydrogen (secondary N) is 1. The standard InChI is InChI=1S/C13H27N3O2S/c1-3-16(13-6-8-14-9-7-13)19(17,18)15-10-4-5-12(2)11-15/h12-14H,3-11H2,1-2H3. The summed E-state index contributed by atoms with van der Waals surface area (Å²) in [5, 5.41) is 3.30. The van der Waals surface area contributed by atoms with E-state index >= 15 is 0 Å². The SMILES string of the molecule is CCN(C1CCNCC1)S(=O)(=O)N1CCCC(C)C1. The van der Waals surface area contributed by atoms with E-state index in [1.54, 1.807) is 8.61 Å². The van der Waals surface area contributed by atoms with Crippen molar-refractivity contribution in [2.75, 3.05) is 32.7 Å². The molecule has 1 atom stereocenters. The molecule has 112 valence electrons. The molecular weight excluding hydrogens is 262 g/mol. The monoisotopic (exact) mass is 289 g/mol. The number of rotatable bonds is 4. The van der Waals surface area contributed by atoms with E-state index in [9.17, 15) is 8.42 Å². The fourth-order valence-corrected chi connectivity index (χ4v) is 5.22. The summed E-state index contributed by atoms with van der Waals surface area (Å²) in [6, 6.07) is 0.175. The first-order valence-corrected chi connectivity index (χ1v) is 8.93. The van der Waals surface area contributed by atoms with Gasteiger partial charge in [-0.05, 0) is 44.7 Å². The average Bonchev–Trinajstić information content (AvgIpc) is 2.40. The van der Waals surface area contributed by atoms with Crippen molar-refractivity contribution in [3.63, 3.8) is 0 Å². The molecule has 2 aliphatic heterocycles. The van der Waals surface area contributed by atoms with Gasteiger partial charge in [0.2, 0.25) is 0 Å². The minimum atomic E-state index is -3.27. The first-order chi connectivity index (χ1) is 9.05. The molecule has 0 bridgehead atoms. The molecule has 0 spiro atoms. The maximum absolute atomic E-state index is 12.8. The van der Waals surface area contributed by atoms with Gasteiger partial charge in [0.05, 0.1) is 0 Å². The highest BCUT2D eigenvalue weighted by molar-refractivity contribution is 7.86. The fraction of sp³-hybridized carbons (Fsp3) is 1.00. The van der Waals surface area contributed by atoms with Gasteiger partial charge < -0.3 is 5.32 Å². The van der Waals surface area contributed by atoms with E-state index in [-0.39, 0.29) is 6.04 Å². The predicted molar refractivity (Wildman–Crippen MR) is 77.2 cm³/mol. The second-order valence-electron chi connectivity index (χ2n) is 5.80. The minimum Gasteiger partial charge on any atom is -0.317 e. The van der Waals surface area contributed by atoms with Crippen molar-refractivity contribution in [2.24, 2.45) is 5.92 Å². The lowest BCUT2D eigenvalue weighted by molar-refractivity contribution is 0.222. The van der Waals surface area contributed by atoms with Crippen LogP contribution in [0.4, 0.5) is 0 Å². The van der Waals surface area contributed by atoms with Crippen LogP contribution >= 0.6 is 0 Å². The molecule has 0 aromatic heterocycles. The summed E-state index contributed by atoms with van der Waals surface area (Å²) < 4.78 is 29.0. The van der Waals surface area contributed by atoms with Crippen molar-refractivity contribution in [1.29, 1.82) is 0 Å². The summed E-state index contributed by atoms with van der Waals surface area (Å²) in [6.07, 6.45) is 3.99. The van der Waals surface area contributed by atoms with E-state index in [2.05, 4.69) is 12.2 Å². The van der Waals surface area contributed by atoms with Crippen molar-refractivity contribution in [1.82, 2.24) is 13.9 Å². The molecule has 2 fully saturated rings. The van der Waals surface area contributed by atoms with Crippen LogP contribution in [-0.2, 0) is 10.2 Å². The summed E-state index contributed by atoms with van der Waals surface area (Å²) in [6.45, 7) is 7.89. The zero-order valence-corrected chi connectivity index (χ0v) is 13.0. The lowest BCUT2D eigenvalue weighted by atomic mass is 10.0. The maximum Gasteiger partial charge on any atom is 0.282 e. The first kappa shape index (κ1) is 15.2. The molecule has 1 N–H and O–H groups in total. The van der Waals surface area contributed by atoms with Crippen LogP contribution in [0.15, 0.2) is 0 Å². The second kappa shape index (κ2) is 6.52. The lowest BCUT2D eigenvalue weighted by Crippen LogP contribution is -2.53. The highest BCUT2D eigenvalue weighted by atomic mass is 32.2. The summed E-state index contributed by atoms with van der Waals surface area (Å²) in [5.41, 5.74) is 0. The highest BCUT2D eigenvalue weighted by Crippen LogP contribution is 2.24. The van der Waals surface area contributed by atoms with Gasteiger partial charge in [0, 0.05) is 25.7 Å². The zero-order chi connectivity index (χ0) is 13.9. The topological polar surface area (TPSA) is 52.7 Å². The van der Waals surface area contributed by atoms with Gasteiger partial charge in [0.1, 0.15) is 0 Å². The van der Waals surface area contributed by atoms with Crippen LogP contribution in [0.1, 0.15) is 39.5 Å². The van der Waals surface area contributed by atoms with Gasteiger partial charge in [0.15, 0.2) is 0 Å². The summed E-state index contributed by atoms with van der Waals surface area (Å²) in [7, 11) is -3.27. The first-order valence-electron chi connectivity index (χ1n) is 7.53. The highest BCUT2D eigenvalue weighted by Gasteiger charge is 2.36. The third kappa shape index (κ3) is 3.48. The van der Waals surface area contributed by atoms with Crippen LogP contribution in [-0.4, -0.2) is 55.8 Å². The van der Waals surface area contributed by atoms with Gasteiger partial charge in [0.25, 0.3) is 10.2 Å². The molecule has 0 aliphatic carbocycles. The number of hydrogen-bond donors (Lipinski definition) is 1. The predicted octanol–water partition coefficient (Wildman–Crippen LogP) is 1.04. The Balaban J connectivity index is 2.10. The van der Waals surface area contributed by atoms with Crippen LogP contribution in [0.3, 0.4) is 0 Å². The van der Waals surface area contributed by atoms with E-state index in [1.807, 2.05) is 6.92 Å². The van der Waals surface area contributed by atoms with Crippen LogP contribution < -0.4 is 5.32 Å². The van der Waals surface area contributed by atoms with E-state index in [0.717, 1.165) is 38.8 Å². The number of piperidine rings is 2. The molecule has 2 heterocycles. The van der Waals surface area contributed by atoms with Gasteiger partial charge in [-0.1, -0.05) is 13.8 Å². The van der Waals surface area contributed by atoms with Gasteiger partial charge in [-0.15, -0.1) is 0 Å². The molecule has 5 nitrogen and oxygen atoms in total. The molecule has 2 saturated heterocycles. The fourth-order valence-electron chi connectivity index (χ4n) is 3.21. The van der Waals surface area contributed by atoms with Crippen LogP contribution in [0.2, 0.25) is 0 Å². The van der Waals surface area contributed by atoms with Crippen molar-refractivity contribution in [3.8, 4) is 0 Å². The molecule has 1 unspecified atom stereocenters. The van der Waals surface area contributed by atoms with Gasteiger partial charge in [-0.3, -0.25) is 0 Å². The molecule has 2 rings (SSSR count). The summed E-state index contributed by atoms with van der Waals surface area (Å²) in [5.74, 6) is 0.482. The molecule has 0 aromatic rings.